The number of halogens is 3. The number of fused-ring (bicyclic) bond motifs is 2. The molecule has 1 aromatic heterocycles. The zero-order valence-electron chi connectivity index (χ0n) is 20.4. The van der Waals surface area contributed by atoms with Gasteiger partial charge in [0.25, 0.3) is 0 Å². The fraction of sp³-hybridized carbons (Fsp3) is 0.519. The summed E-state index contributed by atoms with van der Waals surface area (Å²) in [6.07, 6.45) is 10.8. The summed E-state index contributed by atoms with van der Waals surface area (Å²) in [5.41, 5.74) is 10.4. The molecule has 3 aliphatic rings. The third-order valence-electron chi connectivity index (χ3n) is 7.42. The first kappa shape index (κ1) is 27.4. The van der Waals surface area contributed by atoms with E-state index in [0.29, 0.717) is 31.3 Å². The molecule has 5 rings (SSSR count). The fourth-order valence-electron chi connectivity index (χ4n) is 5.27. The zero-order chi connectivity index (χ0) is 25.7. The number of aryl methyl sites for hydroxylation is 1. The lowest BCUT2D eigenvalue weighted by Crippen LogP contribution is -2.43. The lowest BCUT2D eigenvalue weighted by Gasteiger charge is -2.32. The Labute approximate surface area is 235 Å². The Morgan fingerprint density at radius 3 is 2.42 bits per heavy atom. The molecule has 36 heavy (non-hydrogen) atoms. The standard InChI is InChI=1S/C14H10Br2ClN.C13H23N3O2/c15-10-5-9-1-3-11-8(6-13(9)18-7-10)2-4-12(17)14(11)16;14-13(18)16-8-4-11(5-9-16)10-12(17)15-6-2-1-3-7-15/h2,4-5,7H,1,3,6H2;11H,1-10H2,(H2,14,18). The molecular formula is C27H33Br2ClN4O2. The highest BCUT2D eigenvalue weighted by Gasteiger charge is 2.25. The number of urea groups is 1. The number of likely N-dealkylation sites (tertiary alicyclic amines) is 2. The molecular weight excluding hydrogens is 608 g/mol. The molecule has 3 amide bonds. The Hall–Kier alpha value is -1.64. The normalized spacial score (nSPS) is 17.9. The van der Waals surface area contributed by atoms with Gasteiger partial charge >= 0.3 is 6.03 Å². The second-order valence-electron chi connectivity index (χ2n) is 9.85. The number of amides is 3. The second kappa shape index (κ2) is 12.7. The Morgan fingerprint density at radius 2 is 1.72 bits per heavy atom. The molecule has 3 heterocycles. The van der Waals surface area contributed by atoms with Gasteiger partial charge in [-0.1, -0.05) is 17.7 Å². The van der Waals surface area contributed by atoms with Crippen LogP contribution in [0.3, 0.4) is 0 Å². The van der Waals surface area contributed by atoms with Gasteiger partial charge in [0.2, 0.25) is 5.91 Å². The number of pyridine rings is 1. The number of aromatic nitrogens is 1. The van der Waals surface area contributed by atoms with Crippen molar-refractivity contribution in [2.24, 2.45) is 11.7 Å². The zero-order valence-corrected chi connectivity index (χ0v) is 24.4. The van der Waals surface area contributed by atoms with E-state index in [1.807, 2.05) is 17.2 Å². The van der Waals surface area contributed by atoms with Gasteiger partial charge in [0, 0.05) is 59.9 Å². The summed E-state index contributed by atoms with van der Waals surface area (Å²) < 4.78 is 2.08. The van der Waals surface area contributed by atoms with Crippen LogP contribution in [0.5, 0.6) is 0 Å². The topological polar surface area (TPSA) is 79.5 Å². The van der Waals surface area contributed by atoms with Crippen LogP contribution in [0.15, 0.2) is 33.3 Å². The number of carbonyl (C=O) groups excluding carboxylic acids is 2. The summed E-state index contributed by atoms with van der Waals surface area (Å²) in [5.74, 6) is 0.724. The summed E-state index contributed by atoms with van der Waals surface area (Å²) in [6, 6.07) is 5.90. The maximum Gasteiger partial charge on any atom is 0.314 e. The van der Waals surface area contributed by atoms with E-state index in [1.165, 1.54) is 28.8 Å². The smallest absolute Gasteiger partial charge is 0.314 e. The monoisotopic (exact) mass is 638 g/mol. The lowest BCUT2D eigenvalue weighted by molar-refractivity contribution is -0.133. The highest BCUT2D eigenvalue weighted by atomic mass is 79.9. The minimum absolute atomic E-state index is 0.298. The van der Waals surface area contributed by atoms with Gasteiger partial charge in [0.1, 0.15) is 0 Å². The third kappa shape index (κ3) is 7.01. The van der Waals surface area contributed by atoms with Gasteiger partial charge in [-0.3, -0.25) is 9.78 Å². The number of nitrogens with zero attached hydrogens (tertiary/aromatic N) is 3. The van der Waals surface area contributed by atoms with Gasteiger partial charge in [0.05, 0.1) is 5.02 Å². The summed E-state index contributed by atoms with van der Waals surface area (Å²) in [6.45, 7) is 3.26. The van der Waals surface area contributed by atoms with Gasteiger partial charge in [-0.2, -0.15) is 0 Å². The van der Waals surface area contributed by atoms with E-state index >= 15 is 0 Å². The minimum Gasteiger partial charge on any atom is -0.351 e. The van der Waals surface area contributed by atoms with E-state index in [4.69, 9.17) is 17.3 Å². The van der Waals surface area contributed by atoms with Crippen LogP contribution < -0.4 is 5.73 Å². The van der Waals surface area contributed by atoms with Crippen LogP contribution in [0.2, 0.25) is 5.02 Å². The Balaban J connectivity index is 0.000000169. The molecule has 0 unspecified atom stereocenters. The molecule has 0 bridgehead atoms. The Kier molecular flexibility index (Phi) is 9.70. The first-order valence-corrected chi connectivity index (χ1v) is 14.7. The quantitative estimate of drug-likeness (QED) is 0.429. The molecule has 2 aliphatic heterocycles. The van der Waals surface area contributed by atoms with Gasteiger partial charge in [-0.25, -0.2) is 4.79 Å². The van der Waals surface area contributed by atoms with Crippen molar-refractivity contribution >= 4 is 55.4 Å². The van der Waals surface area contributed by atoms with E-state index in [0.717, 1.165) is 72.0 Å². The summed E-state index contributed by atoms with van der Waals surface area (Å²) >= 11 is 13.2. The molecule has 0 atom stereocenters. The van der Waals surface area contributed by atoms with Crippen LogP contribution >= 0.6 is 43.5 Å². The Bertz CT molecular complexity index is 1100. The van der Waals surface area contributed by atoms with Gasteiger partial charge in [-0.15, -0.1) is 0 Å². The van der Waals surface area contributed by atoms with Gasteiger partial charge < -0.3 is 15.5 Å². The van der Waals surface area contributed by atoms with Crippen molar-refractivity contribution in [1.29, 1.82) is 0 Å². The van der Waals surface area contributed by atoms with Crippen LogP contribution in [0.4, 0.5) is 4.79 Å². The van der Waals surface area contributed by atoms with Gasteiger partial charge in [0.15, 0.2) is 0 Å². The molecule has 2 fully saturated rings. The molecule has 2 saturated heterocycles. The average Bonchev–Trinajstić information content (AvgIpc) is 3.07. The maximum atomic E-state index is 12.1. The van der Waals surface area contributed by atoms with Crippen molar-refractivity contribution in [1.82, 2.24) is 14.8 Å². The van der Waals surface area contributed by atoms with Crippen LogP contribution in [0.25, 0.3) is 0 Å². The van der Waals surface area contributed by atoms with Crippen LogP contribution in [-0.4, -0.2) is 52.9 Å². The number of piperidine rings is 2. The van der Waals surface area contributed by atoms with E-state index in [-0.39, 0.29) is 6.03 Å². The molecule has 0 spiro atoms. The molecule has 0 radical (unpaired) electrons. The number of rotatable bonds is 2. The van der Waals surface area contributed by atoms with Crippen molar-refractivity contribution in [2.75, 3.05) is 26.2 Å². The highest BCUT2D eigenvalue weighted by molar-refractivity contribution is 9.10. The number of primary amides is 1. The minimum atomic E-state index is -0.337. The number of nitrogens with two attached hydrogens (primary N) is 1. The summed E-state index contributed by atoms with van der Waals surface area (Å²) in [5, 5.41) is 0.786. The SMILES string of the molecule is Clc1ccc2c(c1Br)CCc1cc(Br)cnc1C2.NC(=O)N1CCC(CC(=O)N2CCCCC2)CC1. The first-order chi connectivity index (χ1) is 17.3. The molecule has 2 aromatic rings. The second-order valence-corrected chi connectivity index (χ2v) is 12.0. The predicted molar refractivity (Wildman–Crippen MR) is 150 cm³/mol. The van der Waals surface area contributed by atoms with E-state index in [1.54, 1.807) is 4.90 Å². The number of benzene rings is 1. The molecule has 194 valence electrons. The molecule has 1 aromatic carbocycles. The van der Waals surface area contributed by atoms with Crippen molar-refractivity contribution < 1.29 is 9.59 Å². The summed E-state index contributed by atoms with van der Waals surface area (Å²) in [4.78, 5) is 31.3. The van der Waals surface area contributed by atoms with Crippen molar-refractivity contribution in [3.63, 3.8) is 0 Å². The first-order valence-electron chi connectivity index (χ1n) is 12.7. The van der Waals surface area contributed by atoms with Crippen LogP contribution in [0.1, 0.15) is 60.9 Å². The summed E-state index contributed by atoms with van der Waals surface area (Å²) in [7, 11) is 0. The fourth-order valence-corrected chi connectivity index (χ4v) is 6.41. The number of carbonyl (C=O) groups is 2. The van der Waals surface area contributed by atoms with E-state index < -0.39 is 0 Å². The van der Waals surface area contributed by atoms with Crippen molar-refractivity contribution in [3.05, 3.63) is 60.7 Å². The molecule has 6 nitrogen and oxygen atoms in total. The third-order valence-corrected chi connectivity index (χ3v) is 9.30. The van der Waals surface area contributed by atoms with Crippen LogP contribution in [0, 0.1) is 5.92 Å². The molecule has 2 N–H and O–H groups in total. The average molecular weight is 641 g/mol. The van der Waals surface area contributed by atoms with E-state index in [2.05, 4.69) is 49.0 Å². The van der Waals surface area contributed by atoms with Crippen molar-refractivity contribution in [2.45, 2.75) is 57.8 Å². The van der Waals surface area contributed by atoms with Crippen molar-refractivity contribution in [3.8, 4) is 0 Å². The van der Waals surface area contributed by atoms with Crippen LogP contribution in [-0.2, 0) is 24.1 Å². The largest absolute Gasteiger partial charge is 0.351 e. The highest BCUT2D eigenvalue weighted by Crippen LogP contribution is 2.34. The van der Waals surface area contributed by atoms with Gasteiger partial charge in [-0.05, 0) is 112 Å². The predicted octanol–water partition coefficient (Wildman–Crippen LogP) is 6.13. The number of hydrogen-bond acceptors (Lipinski definition) is 3. The molecule has 1 aliphatic carbocycles. The molecule has 9 heteroatoms. The Morgan fingerprint density at radius 1 is 1.00 bits per heavy atom. The number of hydrogen-bond donors (Lipinski definition) is 1. The molecule has 0 saturated carbocycles. The maximum absolute atomic E-state index is 12.1. The van der Waals surface area contributed by atoms with E-state index in [9.17, 15) is 9.59 Å². The lowest BCUT2D eigenvalue weighted by atomic mass is 9.93.